The maximum atomic E-state index is 14.3. The van der Waals surface area contributed by atoms with Gasteiger partial charge < -0.3 is 34.2 Å². The minimum Gasteiger partial charge on any atom is -0.459 e. The third kappa shape index (κ3) is 9.48. The number of rotatable bonds is 20. The van der Waals surface area contributed by atoms with Crippen molar-refractivity contribution in [2.24, 2.45) is 28.8 Å². The molecule has 0 bridgehead atoms. The van der Waals surface area contributed by atoms with E-state index in [1.54, 1.807) is 6.08 Å². The Morgan fingerprint density at radius 3 is 2.36 bits per heavy atom. The summed E-state index contributed by atoms with van der Waals surface area (Å²) in [6, 6.07) is 24.1. The average Bonchev–Trinajstić information content (AvgIpc) is 3.80. The molecular weight excluding hydrogens is 741 g/mol. The minimum absolute atomic E-state index is 0.0804. The number of likely N-dealkylation sites (N-methyl/N-ethyl adjacent to an activating group) is 1. The summed E-state index contributed by atoms with van der Waals surface area (Å²) < 4.78 is 21.0. The molecule has 3 aromatic rings. The van der Waals surface area contributed by atoms with Crippen LogP contribution in [0.5, 0.6) is 17.2 Å². The first-order valence-corrected chi connectivity index (χ1v) is 22.2. The largest absolute Gasteiger partial charge is 0.459 e. The van der Waals surface area contributed by atoms with Crippen molar-refractivity contribution >= 4 is 11.6 Å². The third-order valence-electron chi connectivity index (χ3n) is 13.2. The molecule has 0 unspecified atom stereocenters. The first-order valence-electron chi connectivity index (χ1n) is 22.2. The van der Waals surface area contributed by atoms with Crippen LogP contribution >= 0.6 is 0 Å². The summed E-state index contributed by atoms with van der Waals surface area (Å²) in [4.78, 5) is 22.0. The number of unbranched alkanes of at least 4 members (excludes halogenated alkanes) is 2. The number of aliphatic hydroxyl groups is 2. The van der Waals surface area contributed by atoms with Gasteiger partial charge in [-0.25, -0.2) is 0 Å². The quantitative estimate of drug-likeness (QED) is 0.0665. The summed E-state index contributed by atoms with van der Waals surface area (Å²) >= 11 is 0. The fraction of sp³-hybridized carbons (Fsp3) is 0.520. The van der Waals surface area contributed by atoms with Crippen molar-refractivity contribution in [3.8, 4) is 28.4 Å². The molecule has 3 aromatic carbocycles. The number of oxime groups is 1. The van der Waals surface area contributed by atoms with Crippen molar-refractivity contribution in [1.29, 1.82) is 0 Å². The Morgan fingerprint density at radius 2 is 1.64 bits per heavy atom. The van der Waals surface area contributed by atoms with Crippen molar-refractivity contribution in [3.05, 3.63) is 103 Å². The number of ether oxygens (including phenoxy) is 3. The molecule has 2 fully saturated rings. The molecule has 4 aliphatic rings. The first kappa shape index (κ1) is 42.7. The van der Waals surface area contributed by atoms with Gasteiger partial charge >= 0.3 is 0 Å². The van der Waals surface area contributed by atoms with Gasteiger partial charge in [0, 0.05) is 44.6 Å². The Labute approximate surface area is 351 Å². The van der Waals surface area contributed by atoms with E-state index in [-0.39, 0.29) is 49.4 Å². The zero-order valence-electron chi connectivity index (χ0n) is 35.1. The maximum Gasteiger partial charge on any atom is 0.239 e. The highest BCUT2D eigenvalue weighted by atomic mass is 16.7. The van der Waals surface area contributed by atoms with Crippen LogP contribution in [-0.2, 0) is 14.4 Å². The van der Waals surface area contributed by atoms with E-state index in [1.165, 1.54) is 25.7 Å². The van der Waals surface area contributed by atoms with E-state index in [0.29, 0.717) is 43.3 Å². The summed E-state index contributed by atoms with van der Waals surface area (Å²) in [6.07, 6.45) is 15.7. The van der Waals surface area contributed by atoms with Crippen LogP contribution in [0.25, 0.3) is 11.1 Å². The monoisotopic (exact) mass is 804 g/mol. The number of hydrogen-bond donors (Lipinski definition) is 2. The Kier molecular flexibility index (Phi) is 14.6. The number of carbonyl (C=O) groups is 1. The molecule has 2 N–H and O–H groups in total. The third-order valence-corrected chi connectivity index (χ3v) is 13.2. The topological polar surface area (TPSA) is 110 Å². The number of allylic oxidation sites excluding steroid dienone is 1. The van der Waals surface area contributed by atoms with Crippen LogP contribution in [0.1, 0.15) is 102 Å². The second-order valence-corrected chi connectivity index (χ2v) is 16.9. The fourth-order valence-corrected chi connectivity index (χ4v) is 10.4. The Hall–Kier alpha value is -4.44. The number of benzene rings is 3. The molecule has 1 aliphatic heterocycles. The first-order chi connectivity index (χ1) is 28.9. The summed E-state index contributed by atoms with van der Waals surface area (Å²) in [5, 5.41) is 24.6. The number of aliphatic hydroxyl groups excluding tert-OH is 2. The molecule has 7 rings (SSSR count). The molecule has 1 heterocycles. The predicted octanol–water partition coefficient (Wildman–Crippen LogP) is 10.2. The molecule has 3 aliphatic carbocycles. The number of carbonyl (C=O) groups excluding carboxylic acids is 1. The zero-order chi connectivity index (χ0) is 41.2. The van der Waals surface area contributed by atoms with Crippen molar-refractivity contribution in [1.82, 2.24) is 4.90 Å². The lowest BCUT2D eigenvalue weighted by Gasteiger charge is -2.59. The molecule has 1 amide bonds. The van der Waals surface area contributed by atoms with Crippen LogP contribution < -0.4 is 9.47 Å². The fourth-order valence-electron chi connectivity index (χ4n) is 10.4. The number of hydrogen-bond acceptors (Lipinski definition) is 8. The van der Waals surface area contributed by atoms with E-state index in [2.05, 4.69) is 43.0 Å². The molecular formula is C50H64N2O7. The summed E-state index contributed by atoms with van der Waals surface area (Å²) in [7, 11) is 1.90. The molecule has 9 nitrogen and oxygen atoms in total. The molecule has 0 saturated heterocycles. The van der Waals surface area contributed by atoms with E-state index < -0.39 is 11.8 Å². The number of nitrogens with zero attached hydrogens (tertiary/aromatic N) is 2. The van der Waals surface area contributed by atoms with Crippen molar-refractivity contribution in [2.75, 3.05) is 33.5 Å². The molecule has 2 saturated carbocycles. The summed E-state index contributed by atoms with van der Waals surface area (Å²) in [5.41, 5.74) is 5.15. The molecule has 9 heteroatoms. The van der Waals surface area contributed by atoms with Gasteiger partial charge in [0.05, 0.1) is 18.2 Å². The van der Waals surface area contributed by atoms with Gasteiger partial charge in [0.15, 0.2) is 0 Å². The van der Waals surface area contributed by atoms with Gasteiger partial charge in [0.2, 0.25) is 11.7 Å². The smallest absolute Gasteiger partial charge is 0.239 e. The lowest BCUT2D eigenvalue weighted by atomic mass is 9.55. The Balaban J connectivity index is 1.34. The van der Waals surface area contributed by atoms with Gasteiger partial charge in [-0.3, -0.25) is 4.79 Å². The second kappa shape index (κ2) is 20.2. The minimum atomic E-state index is -1.25. The Bertz CT molecular complexity index is 1910. The van der Waals surface area contributed by atoms with Crippen molar-refractivity contribution in [3.63, 3.8) is 0 Å². The number of fused-ring (bicyclic) bond motifs is 2. The molecule has 0 aromatic heterocycles. The molecule has 6 atom stereocenters. The molecule has 0 radical (unpaired) electrons. The van der Waals surface area contributed by atoms with E-state index in [0.717, 1.165) is 72.2 Å². The molecule has 0 spiro atoms. The highest BCUT2D eigenvalue weighted by Gasteiger charge is 2.65. The van der Waals surface area contributed by atoms with Crippen LogP contribution in [-0.4, -0.2) is 72.0 Å². The average molecular weight is 805 g/mol. The van der Waals surface area contributed by atoms with Crippen LogP contribution in [0.2, 0.25) is 0 Å². The van der Waals surface area contributed by atoms with Gasteiger partial charge in [0.25, 0.3) is 0 Å². The maximum absolute atomic E-state index is 14.3. The van der Waals surface area contributed by atoms with Gasteiger partial charge in [0.1, 0.15) is 29.9 Å². The molecule has 59 heavy (non-hydrogen) atoms. The van der Waals surface area contributed by atoms with E-state index in [1.807, 2.05) is 61.3 Å². The second-order valence-electron chi connectivity index (χ2n) is 16.9. The van der Waals surface area contributed by atoms with Crippen molar-refractivity contribution in [2.45, 2.75) is 108 Å². The normalized spacial score (nSPS) is 25.4. The predicted molar refractivity (Wildman–Crippen MR) is 232 cm³/mol. The highest BCUT2D eigenvalue weighted by Crippen LogP contribution is 2.62. The van der Waals surface area contributed by atoms with E-state index >= 15 is 0 Å². The van der Waals surface area contributed by atoms with Crippen LogP contribution in [0, 0.1) is 23.7 Å². The lowest BCUT2D eigenvalue weighted by molar-refractivity contribution is -0.255. The van der Waals surface area contributed by atoms with E-state index in [9.17, 15) is 15.0 Å². The van der Waals surface area contributed by atoms with Crippen molar-refractivity contribution < 1.29 is 34.1 Å². The van der Waals surface area contributed by atoms with Crippen LogP contribution in [0.4, 0.5) is 0 Å². The standard InChI is InChI=1S/C50H64N2O7/c1-4-31-56-50-46(52(3)47(55)28-21-35-15-9-10-16-35)34-44(51-57-5-2)42-32-38(19-11-13-29-53)41(20-12-14-30-54)48(49(42)50)43-33-40(26-27-45(43)59-50)58-39-24-22-37(23-25-39)36-17-7-6-8-18-36/h4,6-8,17-18,22-27,32-33,35,38,41,46,48-49,53-54H,1,5,9-16,19-21,28-31,34H2,2-3H3/t38-,41+,46-,48+,49+,50+/m0/s1. The summed E-state index contributed by atoms with van der Waals surface area (Å²) in [6.45, 7) is 6.91. The lowest BCUT2D eigenvalue weighted by Crippen LogP contribution is -2.69. The van der Waals surface area contributed by atoms with E-state index in [4.69, 9.17) is 24.2 Å². The van der Waals surface area contributed by atoms with Gasteiger partial charge in [-0.1, -0.05) is 98.3 Å². The highest BCUT2D eigenvalue weighted by molar-refractivity contribution is 6.03. The van der Waals surface area contributed by atoms with Gasteiger partial charge in [-0.2, -0.15) is 0 Å². The van der Waals surface area contributed by atoms with Gasteiger partial charge in [-0.15, -0.1) is 6.58 Å². The van der Waals surface area contributed by atoms with Crippen LogP contribution in [0.3, 0.4) is 0 Å². The molecule has 316 valence electrons. The SMILES string of the molecule is C=CCO[C@@]12Oc3ccc(Oc4ccc(-c5ccccc5)cc4)cc3[C@H]3[C@H](CCCCO)[C@@H](CCCCO)C=C(C(=NOCC)C[C@@H]1N(C)C(=O)CCC1CCCC1)[C@H]32. The zero-order valence-corrected chi connectivity index (χ0v) is 35.1. The number of amides is 1. The Morgan fingerprint density at radius 1 is 0.932 bits per heavy atom. The van der Waals surface area contributed by atoms with Crippen LogP contribution in [0.15, 0.2) is 102 Å². The summed E-state index contributed by atoms with van der Waals surface area (Å²) in [5.74, 6) is 1.42. The van der Waals surface area contributed by atoms with Gasteiger partial charge in [-0.05, 0) is 104 Å².